The molecule has 90 valence electrons. The molecule has 0 fully saturated rings. The standard InChI is InChI=1S/C13H16N2OS/c1-2-10-3-5-12(6-4-10)16-8-13-15-11(7-14)9-17-13/h3-6,9H,2,7-8,14H2,1H3. The number of ether oxygens (including phenoxy) is 1. The summed E-state index contributed by atoms with van der Waals surface area (Å²) in [6, 6.07) is 8.16. The lowest BCUT2D eigenvalue weighted by Gasteiger charge is -2.04. The van der Waals surface area contributed by atoms with Crippen molar-refractivity contribution in [2.24, 2.45) is 5.73 Å². The molecule has 1 aromatic heterocycles. The van der Waals surface area contributed by atoms with Crippen LogP contribution in [-0.4, -0.2) is 4.98 Å². The summed E-state index contributed by atoms with van der Waals surface area (Å²) in [7, 11) is 0. The van der Waals surface area contributed by atoms with Gasteiger partial charge in [-0.05, 0) is 24.1 Å². The number of nitrogens with zero attached hydrogens (tertiary/aromatic N) is 1. The molecule has 0 bridgehead atoms. The lowest BCUT2D eigenvalue weighted by atomic mass is 10.2. The Morgan fingerprint density at radius 3 is 2.65 bits per heavy atom. The van der Waals surface area contributed by atoms with Crippen molar-refractivity contribution in [3.05, 3.63) is 45.9 Å². The van der Waals surface area contributed by atoms with Gasteiger partial charge in [-0.2, -0.15) is 0 Å². The van der Waals surface area contributed by atoms with E-state index in [0.29, 0.717) is 13.2 Å². The number of aryl methyl sites for hydroxylation is 1. The third-order valence-corrected chi connectivity index (χ3v) is 3.37. The topological polar surface area (TPSA) is 48.1 Å². The molecule has 0 saturated carbocycles. The fourth-order valence-electron chi connectivity index (χ4n) is 1.48. The van der Waals surface area contributed by atoms with Crippen LogP contribution in [0.25, 0.3) is 0 Å². The molecule has 0 aliphatic rings. The molecule has 3 nitrogen and oxygen atoms in total. The van der Waals surface area contributed by atoms with Crippen molar-refractivity contribution < 1.29 is 4.74 Å². The number of thiazole rings is 1. The second-order valence-corrected chi connectivity index (χ2v) is 4.67. The summed E-state index contributed by atoms with van der Waals surface area (Å²) in [5.74, 6) is 0.881. The van der Waals surface area contributed by atoms with Gasteiger partial charge in [0.05, 0.1) is 5.69 Å². The molecule has 17 heavy (non-hydrogen) atoms. The first-order valence-electron chi connectivity index (χ1n) is 5.67. The molecule has 1 heterocycles. The summed E-state index contributed by atoms with van der Waals surface area (Å²) in [6.45, 7) is 3.14. The fourth-order valence-corrected chi connectivity index (χ4v) is 2.19. The average molecular weight is 248 g/mol. The Labute approximate surface area is 105 Å². The van der Waals surface area contributed by atoms with Gasteiger partial charge in [-0.15, -0.1) is 11.3 Å². The largest absolute Gasteiger partial charge is 0.486 e. The van der Waals surface area contributed by atoms with Gasteiger partial charge in [0.15, 0.2) is 0 Å². The van der Waals surface area contributed by atoms with Crippen molar-refractivity contribution in [1.82, 2.24) is 4.98 Å². The minimum absolute atomic E-state index is 0.488. The lowest BCUT2D eigenvalue weighted by Crippen LogP contribution is -1.98. The smallest absolute Gasteiger partial charge is 0.140 e. The molecule has 2 N–H and O–H groups in total. The molecular weight excluding hydrogens is 232 g/mol. The van der Waals surface area contributed by atoms with Crippen LogP contribution in [0.1, 0.15) is 23.2 Å². The maximum Gasteiger partial charge on any atom is 0.140 e. The minimum Gasteiger partial charge on any atom is -0.486 e. The normalized spacial score (nSPS) is 10.5. The van der Waals surface area contributed by atoms with Crippen molar-refractivity contribution in [2.75, 3.05) is 0 Å². The molecule has 0 aliphatic heterocycles. The number of benzene rings is 1. The first-order chi connectivity index (χ1) is 8.31. The molecule has 0 saturated heterocycles. The van der Waals surface area contributed by atoms with Gasteiger partial charge in [-0.1, -0.05) is 19.1 Å². The summed E-state index contributed by atoms with van der Waals surface area (Å²) < 4.78 is 5.66. The van der Waals surface area contributed by atoms with Gasteiger partial charge in [0, 0.05) is 11.9 Å². The van der Waals surface area contributed by atoms with E-state index in [-0.39, 0.29) is 0 Å². The van der Waals surface area contributed by atoms with Crippen LogP contribution in [0, 0.1) is 0 Å². The highest BCUT2D eigenvalue weighted by Crippen LogP contribution is 2.16. The molecule has 0 spiro atoms. The highest BCUT2D eigenvalue weighted by molar-refractivity contribution is 7.09. The first kappa shape index (κ1) is 12.1. The molecule has 2 aromatic rings. The summed E-state index contributed by atoms with van der Waals surface area (Å²) >= 11 is 1.58. The van der Waals surface area contributed by atoms with Crippen LogP contribution in [0.15, 0.2) is 29.6 Å². The molecule has 0 aliphatic carbocycles. The highest BCUT2D eigenvalue weighted by Gasteiger charge is 2.01. The molecule has 0 radical (unpaired) electrons. The minimum atomic E-state index is 0.488. The van der Waals surface area contributed by atoms with E-state index in [0.717, 1.165) is 22.9 Å². The van der Waals surface area contributed by atoms with E-state index in [2.05, 4.69) is 24.0 Å². The SMILES string of the molecule is CCc1ccc(OCc2nc(CN)cs2)cc1. The Hall–Kier alpha value is -1.39. The van der Waals surface area contributed by atoms with E-state index in [1.165, 1.54) is 5.56 Å². The van der Waals surface area contributed by atoms with Crippen LogP contribution in [0.3, 0.4) is 0 Å². The Bertz CT molecular complexity index is 465. The van der Waals surface area contributed by atoms with Gasteiger partial charge >= 0.3 is 0 Å². The highest BCUT2D eigenvalue weighted by atomic mass is 32.1. The van der Waals surface area contributed by atoms with Crippen molar-refractivity contribution in [1.29, 1.82) is 0 Å². The molecule has 0 atom stereocenters. The number of aromatic nitrogens is 1. The van der Waals surface area contributed by atoms with Crippen LogP contribution in [0.5, 0.6) is 5.75 Å². The van der Waals surface area contributed by atoms with Gasteiger partial charge in [0.25, 0.3) is 0 Å². The zero-order valence-electron chi connectivity index (χ0n) is 9.85. The molecular formula is C13H16N2OS. The number of hydrogen-bond acceptors (Lipinski definition) is 4. The predicted molar refractivity (Wildman–Crippen MR) is 70.2 cm³/mol. The summed E-state index contributed by atoms with van der Waals surface area (Å²) in [5, 5.41) is 2.93. The zero-order chi connectivity index (χ0) is 12.1. The van der Waals surface area contributed by atoms with Gasteiger partial charge < -0.3 is 10.5 Å². The van der Waals surface area contributed by atoms with Crippen LogP contribution in [0.4, 0.5) is 0 Å². The van der Waals surface area contributed by atoms with Crippen molar-refractivity contribution in [3.8, 4) is 5.75 Å². The van der Waals surface area contributed by atoms with E-state index < -0.39 is 0 Å². The molecule has 1 aromatic carbocycles. The second kappa shape index (κ2) is 5.80. The number of hydrogen-bond donors (Lipinski definition) is 1. The van der Waals surface area contributed by atoms with E-state index >= 15 is 0 Å². The molecule has 4 heteroatoms. The van der Waals surface area contributed by atoms with Crippen LogP contribution in [-0.2, 0) is 19.6 Å². The van der Waals surface area contributed by atoms with Crippen LogP contribution >= 0.6 is 11.3 Å². The summed E-state index contributed by atoms with van der Waals surface area (Å²) in [4.78, 5) is 4.35. The van der Waals surface area contributed by atoms with Gasteiger partial charge in [0.1, 0.15) is 17.4 Å². The van der Waals surface area contributed by atoms with E-state index in [4.69, 9.17) is 10.5 Å². The van der Waals surface area contributed by atoms with Crippen molar-refractivity contribution in [3.63, 3.8) is 0 Å². The van der Waals surface area contributed by atoms with Crippen molar-refractivity contribution in [2.45, 2.75) is 26.5 Å². The maximum atomic E-state index is 5.66. The van der Waals surface area contributed by atoms with Gasteiger partial charge in [-0.3, -0.25) is 0 Å². The molecule has 0 unspecified atom stereocenters. The van der Waals surface area contributed by atoms with Crippen molar-refractivity contribution >= 4 is 11.3 Å². The summed E-state index contributed by atoms with van der Waals surface area (Å²) in [6.07, 6.45) is 1.05. The Morgan fingerprint density at radius 2 is 2.06 bits per heavy atom. The monoisotopic (exact) mass is 248 g/mol. The second-order valence-electron chi connectivity index (χ2n) is 3.72. The van der Waals surface area contributed by atoms with E-state index in [1.54, 1.807) is 11.3 Å². The lowest BCUT2D eigenvalue weighted by molar-refractivity contribution is 0.305. The number of nitrogens with two attached hydrogens (primary N) is 1. The van der Waals surface area contributed by atoms with E-state index in [1.807, 2.05) is 17.5 Å². The van der Waals surface area contributed by atoms with Gasteiger partial charge in [0.2, 0.25) is 0 Å². The Balaban J connectivity index is 1.92. The molecule has 2 rings (SSSR count). The van der Waals surface area contributed by atoms with E-state index in [9.17, 15) is 0 Å². The maximum absolute atomic E-state index is 5.66. The first-order valence-corrected chi connectivity index (χ1v) is 6.55. The molecule has 0 amide bonds. The third-order valence-electron chi connectivity index (χ3n) is 2.50. The van der Waals surface area contributed by atoms with Crippen LogP contribution in [0.2, 0.25) is 0 Å². The summed E-state index contributed by atoms with van der Waals surface area (Å²) in [5.41, 5.74) is 7.75. The quantitative estimate of drug-likeness (QED) is 0.885. The Kier molecular flexibility index (Phi) is 4.12. The average Bonchev–Trinajstić information content (AvgIpc) is 2.85. The third kappa shape index (κ3) is 3.28. The van der Waals surface area contributed by atoms with Gasteiger partial charge in [-0.25, -0.2) is 4.98 Å². The Morgan fingerprint density at radius 1 is 1.29 bits per heavy atom. The number of rotatable bonds is 5. The fraction of sp³-hybridized carbons (Fsp3) is 0.308. The van der Waals surface area contributed by atoms with Crippen LogP contribution < -0.4 is 10.5 Å². The zero-order valence-corrected chi connectivity index (χ0v) is 10.7. The predicted octanol–water partition coefficient (Wildman–Crippen LogP) is 2.74.